The van der Waals surface area contributed by atoms with Crippen molar-refractivity contribution in [1.82, 2.24) is 4.72 Å². The number of sulfonamides is 1. The second-order valence-corrected chi connectivity index (χ2v) is 9.12. The van der Waals surface area contributed by atoms with Gasteiger partial charge in [-0.15, -0.1) is 0 Å². The molecular formula is C15H22BrNO3S. The molecule has 118 valence electrons. The Hall–Kier alpha value is -0.430. The number of hydrogen-bond acceptors (Lipinski definition) is 3. The van der Waals surface area contributed by atoms with E-state index in [9.17, 15) is 13.5 Å². The maximum absolute atomic E-state index is 12.6. The van der Waals surface area contributed by atoms with Crippen LogP contribution in [0.1, 0.15) is 44.2 Å². The summed E-state index contributed by atoms with van der Waals surface area (Å²) in [5.41, 5.74) is 1.44. The molecule has 2 rings (SSSR count). The molecule has 6 heteroatoms. The van der Waals surface area contributed by atoms with Crippen molar-refractivity contribution in [2.24, 2.45) is 5.41 Å². The summed E-state index contributed by atoms with van der Waals surface area (Å²) in [5.74, 6) is 0. The average molecular weight is 376 g/mol. The van der Waals surface area contributed by atoms with Gasteiger partial charge in [0.2, 0.25) is 10.0 Å². The highest BCUT2D eigenvalue weighted by atomic mass is 79.9. The maximum Gasteiger partial charge on any atom is 0.241 e. The molecule has 0 heterocycles. The topological polar surface area (TPSA) is 66.4 Å². The smallest absolute Gasteiger partial charge is 0.241 e. The molecule has 1 saturated carbocycles. The van der Waals surface area contributed by atoms with Crippen LogP contribution in [0.3, 0.4) is 0 Å². The van der Waals surface area contributed by atoms with Crippen molar-refractivity contribution in [3.05, 3.63) is 27.7 Å². The van der Waals surface area contributed by atoms with E-state index in [4.69, 9.17) is 0 Å². The zero-order valence-corrected chi connectivity index (χ0v) is 15.0. The van der Waals surface area contributed by atoms with Crippen molar-refractivity contribution in [1.29, 1.82) is 0 Å². The third kappa shape index (κ3) is 3.86. The molecule has 1 fully saturated rings. The van der Waals surface area contributed by atoms with Gasteiger partial charge >= 0.3 is 0 Å². The minimum atomic E-state index is -3.57. The second kappa shape index (κ2) is 5.99. The summed E-state index contributed by atoms with van der Waals surface area (Å²) in [7, 11) is -3.57. The first-order valence-electron chi connectivity index (χ1n) is 7.07. The van der Waals surface area contributed by atoms with Gasteiger partial charge in [-0.3, -0.25) is 0 Å². The Labute approximate surface area is 135 Å². The monoisotopic (exact) mass is 375 g/mol. The van der Waals surface area contributed by atoms with Crippen molar-refractivity contribution >= 4 is 26.0 Å². The van der Waals surface area contributed by atoms with Crippen molar-refractivity contribution in [3.8, 4) is 0 Å². The lowest BCUT2D eigenvalue weighted by molar-refractivity contribution is 0.281. The molecule has 0 aromatic heterocycles. The molecule has 21 heavy (non-hydrogen) atoms. The lowest BCUT2D eigenvalue weighted by atomic mass is 9.92. The molecule has 0 amide bonds. The Bertz CT molecular complexity index is 641. The van der Waals surface area contributed by atoms with Crippen LogP contribution in [-0.2, 0) is 16.6 Å². The zero-order chi connectivity index (χ0) is 15.8. The number of rotatable bonds is 4. The van der Waals surface area contributed by atoms with E-state index < -0.39 is 10.0 Å². The number of hydrogen-bond donors (Lipinski definition) is 2. The zero-order valence-electron chi connectivity index (χ0n) is 12.6. The van der Waals surface area contributed by atoms with Gasteiger partial charge in [-0.25, -0.2) is 13.1 Å². The van der Waals surface area contributed by atoms with Crippen LogP contribution in [0.4, 0.5) is 0 Å². The summed E-state index contributed by atoms with van der Waals surface area (Å²) in [6, 6.07) is 3.27. The number of aliphatic hydroxyl groups excluding tert-OH is 1. The van der Waals surface area contributed by atoms with E-state index in [1.54, 1.807) is 19.1 Å². The largest absolute Gasteiger partial charge is 0.392 e. The molecule has 1 aromatic rings. The van der Waals surface area contributed by atoms with Crippen LogP contribution < -0.4 is 4.72 Å². The van der Waals surface area contributed by atoms with E-state index in [0.29, 0.717) is 15.6 Å². The van der Waals surface area contributed by atoms with Gasteiger partial charge in [0, 0.05) is 10.5 Å². The molecule has 4 nitrogen and oxygen atoms in total. The summed E-state index contributed by atoms with van der Waals surface area (Å²) in [4.78, 5) is 0.241. The SMILES string of the molecule is Cc1c(Br)cc(CO)cc1S(=O)(=O)NC1CCC(C)(C)C1. The molecule has 1 aromatic carbocycles. The number of aliphatic hydroxyl groups is 1. The molecule has 0 aliphatic heterocycles. The summed E-state index contributed by atoms with van der Waals surface area (Å²) in [5, 5.41) is 9.26. The highest BCUT2D eigenvalue weighted by molar-refractivity contribution is 9.10. The van der Waals surface area contributed by atoms with Gasteiger partial charge in [-0.05, 0) is 54.9 Å². The van der Waals surface area contributed by atoms with Crippen LogP contribution in [0.5, 0.6) is 0 Å². The summed E-state index contributed by atoms with van der Waals surface area (Å²) < 4.78 is 28.8. The summed E-state index contributed by atoms with van der Waals surface area (Å²) >= 11 is 3.36. The Morgan fingerprint density at radius 2 is 2.10 bits per heavy atom. The maximum atomic E-state index is 12.6. The van der Waals surface area contributed by atoms with Gasteiger partial charge < -0.3 is 5.11 Å². The van der Waals surface area contributed by atoms with E-state index in [1.807, 2.05) is 0 Å². The predicted molar refractivity (Wildman–Crippen MR) is 86.5 cm³/mol. The Morgan fingerprint density at radius 3 is 2.62 bits per heavy atom. The van der Waals surface area contributed by atoms with Crippen molar-refractivity contribution in [3.63, 3.8) is 0 Å². The molecule has 0 spiro atoms. The fraction of sp³-hybridized carbons (Fsp3) is 0.600. The quantitative estimate of drug-likeness (QED) is 0.849. The normalized spacial score (nSPS) is 21.7. The highest BCUT2D eigenvalue weighted by Gasteiger charge is 2.34. The van der Waals surface area contributed by atoms with Crippen LogP contribution in [0.25, 0.3) is 0 Å². The fourth-order valence-corrected chi connectivity index (χ4v) is 5.12. The van der Waals surface area contributed by atoms with Crippen LogP contribution in [0, 0.1) is 12.3 Å². The molecule has 1 atom stereocenters. The van der Waals surface area contributed by atoms with E-state index in [2.05, 4.69) is 34.5 Å². The van der Waals surface area contributed by atoms with E-state index >= 15 is 0 Å². The lowest BCUT2D eigenvalue weighted by Crippen LogP contribution is -2.34. The molecule has 0 bridgehead atoms. The molecule has 1 aliphatic carbocycles. The van der Waals surface area contributed by atoms with Gasteiger partial charge in [-0.2, -0.15) is 0 Å². The molecule has 1 aliphatic rings. The van der Waals surface area contributed by atoms with Crippen LogP contribution in [0.15, 0.2) is 21.5 Å². The highest BCUT2D eigenvalue weighted by Crippen LogP contribution is 2.37. The minimum absolute atomic E-state index is 0.0130. The van der Waals surface area contributed by atoms with Gasteiger partial charge in [0.25, 0.3) is 0 Å². The summed E-state index contributed by atoms with van der Waals surface area (Å²) in [6.45, 7) is 5.90. The first kappa shape index (κ1) is 16.9. The Morgan fingerprint density at radius 1 is 1.43 bits per heavy atom. The third-order valence-electron chi connectivity index (χ3n) is 4.12. The molecular weight excluding hydrogens is 354 g/mol. The van der Waals surface area contributed by atoms with Gasteiger partial charge in [-0.1, -0.05) is 29.8 Å². The first-order chi connectivity index (χ1) is 9.64. The number of halogens is 1. The first-order valence-corrected chi connectivity index (χ1v) is 9.34. The van der Waals surface area contributed by atoms with Crippen molar-refractivity contribution in [2.75, 3.05) is 0 Å². The fourth-order valence-electron chi connectivity index (χ4n) is 2.90. The van der Waals surface area contributed by atoms with Gasteiger partial charge in [0.1, 0.15) is 0 Å². The standard InChI is InChI=1S/C15H22BrNO3S/c1-10-13(16)6-11(9-18)7-14(10)21(19,20)17-12-4-5-15(2,3)8-12/h6-7,12,17-18H,4-5,8-9H2,1-3H3. The molecule has 0 saturated heterocycles. The van der Waals surface area contributed by atoms with Crippen molar-refractivity contribution in [2.45, 2.75) is 57.6 Å². The second-order valence-electron chi connectivity index (χ2n) is 6.58. The molecule has 2 N–H and O–H groups in total. The van der Waals surface area contributed by atoms with E-state index in [1.165, 1.54) is 0 Å². The third-order valence-corrected chi connectivity index (χ3v) is 6.59. The lowest BCUT2D eigenvalue weighted by Gasteiger charge is -2.19. The predicted octanol–water partition coefficient (Wildman–Crippen LogP) is 3.11. The van der Waals surface area contributed by atoms with E-state index in [-0.39, 0.29) is 23.0 Å². The minimum Gasteiger partial charge on any atom is -0.392 e. The average Bonchev–Trinajstić information content (AvgIpc) is 2.70. The van der Waals surface area contributed by atoms with Gasteiger partial charge in [0.05, 0.1) is 11.5 Å². The molecule has 0 radical (unpaired) electrons. The number of nitrogens with one attached hydrogen (secondary N) is 1. The molecule has 1 unspecified atom stereocenters. The van der Waals surface area contributed by atoms with E-state index in [0.717, 1.165) is 19.3 Å². The van der Waals surface area contributed by atoms with Crippen LogP contribution in [0.2, 0.25) is 0 Å². The van der Waals surface area contributed by atoms with Gasteiger partial charge in [0.15, 0.2) is 0 Å². The summed E-state index contributed by atoms with van der Waals surface area (Å²) in [6.07, 6.45) is 2.75. The Kier molecular flexibility index (Phi) is 4.83. The van der Waals surface area contributed by atoms with Crippen LogP contribution in [-0.4, -0.2) is 19.6 Å². The van der Waals surface area contributed by atoms with Crippen LogP contribution >= 0.6 is 15.9 Å². The van der Waals surface area contributed by atoms with Crippen molar-refractivity contribution < 1.29 is 13.5 Å². The number of benzene rings is 1. The Balaban J connectivity index is 2.30.